The number of piperidine rings is 1. The lowest BCUT2D eigenvalue weighted by Gasteiger charge is -2.26. The van der Waals surface area contributed by atoms with Crippen LogP contribution >= 0.6 is 11.8 Å². The van der Waals surface area contributed by atoms with Crippen LogP contribution in [0, 0.1) is 10.1 Å². The van der Waals surface area contributed by atoms with E-state index in [1.165, 1.54) is 48.1 Å². The fourth-order valence-corrected chi connectivity index (χ4v) is 4.70. The van der Waals surface area contributed by atoms with E-state index in [-0.39, 0.29) is 17.3 Å². The zero-order valence-corrected chi connectivity index (χ0v) is 19.3. The lowest BCUT2D eigenvalue weighted by atomic mass is 10.1. The first-order valence-electron chi connectivity index (χ1n) is 10.9. The minimum absolute atomic E-state index is 0.00817. The lowest BCUT2D eigenvalue weighted by Crippen LogP contribution is -2.30. The third-order valence-electron chi connectivity index (χ3n) is 5.68. The number of carbonyl (C=O) groups is 1. The number of likely N-dealkylation sites (tertiary alicyclic amines) is 1. The van der Waals surface area contributed by atoms with Gasteiger partial charge in [-0.25, -0.2) is 0 Å². The van der Waals surface area contributed by atoms with Crippen molar-refractivity contribution in [3.63, 3.8) is 0 Å². The van der Waals surface area contributed by atoms with Gasteiger partial charge in [-0.3, -0.25) is 24.4 Å². The van der Waals surface area contributed by atoms with Crippen LogP contribution in [0.4, 0.5) is 11.4 Å². The highest BCUT2D eigenvalue weighted by Crippen LogP contribution is 2.25. The van der Waals surface area contributed by atoms with E-state index >= 15 is 0 Å². The molecule has 0 saturated carbocycles. The molecule has 0 radical (unpaired) electrons. The van der Waals surface area contributed by atoms with Crippen molar-refractivity contribution in [2.45, 2.75) is 31.0 Å². The number of rotatable bonds is 8. The molecule has 1 aromatic heterocycles. The second-order valence-corrected chi connectivity index (χ2v) is 8.86. The van der Waals surface area contributed by atoms with E-state index in [9.17, 15) is 14.9 Å². The van der Waals surface area contributed by atoms with Crippen LogP contribution in [0.5, 0.6) is 0 Å². The number of amides is 1. The zero-order valence-electron chi connectivity index (χ0n) is 18.5. The minimum atomic E-state index is -0.459. The number of anilines is 1. The molecule has 33 heavy (non-hydrogen) atoms. The van der Waals surface area contributed by atoms with Gasteiger partial charge in [-0.1, -0.05) is 36.4 Å². The molecular weight excluding hydrogens is 440 g/mol. The quantitative estimate of drug-likeness (QED) is 0.282. The molecule has 9 nitrogen and oxygen atoms in total. The van der Waals surface area contributed by atoms with Gasteiger partial charge in [-0.15, -0.1) is 10.2 Å². The Morgan fingerprint density at radius 3 is 2.42 bits per heavy atom. The number of para-hydroxylation sites is 1. The summed E-state index contributed by atoms with van der Waals surface area (Å²) in [6.07, 6.45) is 3.67. The molecule has 0 atom stereocenters. The van der Waals surface area contributed by atoms with Crippen LogP contribution in [0.3, 0.4) is 0 Å². The first-order valence-corrected chi connectivity index (χ1v) is 11.9. The molecule has 1 fully saturated rings. The standard InChI is InChI=1S/C23H26N6O3S/c1-26(18-10-12-20(13-11-18)29(31)32)22(30)17-33-23-25-24-21(16-27-14-6-3-7-15-27)28(23)19-8-4-2-5-9-19/h2,4-5,8-13H,3,6-7,14-17H2,1H3. The minimum Gasteiger partial charge on any atom is -0.315 e. The Morgan fingerprint density at radius 1 is 1.06 bits per heavy atom. The number of carbonyl (C=O) groups excluding carboxylic acids is 1. The summed E-state index contributed by atoms with van der Waals surface area (Å²) in [6.45, 7) is 2.84. The molecule has 3 aromatic rings. The van der Waals surface area contributed by atoms with Gasteiger partial charge in [-0.2, -0.15) is 0 Å². The first kappa shape index (κ1) is 22.9. The molecule has 0 aliphatic carbocycles. The Labute approximate surface area is 196 Å². The number of hydrogen-bond acceptors (Lipinski definition) is 7. The van der Waals surface area contributed by atoms with E-state index in [4.69, 9.17) is 0 Å². The van der Waals surface area contributed by atoms with Gasteiger partial charge in [0.25, 0.3) is 5.69 Å². The molecule has 0 bridgehead atoms. The van der Waals surface area contributed by atoms with Gasteiger partial charge in [0, 0.05) is 30.6 Å². The van der Waals surface area contributed by atoms with Crippen LogP contribution in [0.25, 0.3) is 5.69 Å². The van der Waals surface area contributed by atoms with Crippen LogP contribution in [0.1, 0.15) is 25.1 Å². The fourth-order valence-electron chi connectivity index (χ4n) is 3.82. The van der Waals surface area contributed by atoms with Crippen LogP contribution in [0.2, 0.25) is 0 Å². The van der Waals surface area contributed by atoms with Crippen molar-refractivity contribution in [3.8, 4) is 5.69 Å². The van der Waals surface area contributed by atoms with Gasteiger partial charge in [0.2, 0.25) is 5.91 Å². The molecular formula is C23H26N6O3S. The molecule has 0 N–H and O–H groups in total. The molecule has 1 amide bonds. The Kier molecular flexibility index (Phi) is 7.36. The fraction of sp³-hybridized carbons (Fsp3) is 0.348. The maximum absolute atomic E-state index is 12.8. The van der Waals surface area contributed by atoms with Crippen molar-refractivity contribution in [1.29, 1.82) is 0 Å². The lowest BCUT2D eigenvalue weighted by molar-refractivity contribution is -0.384. The van der Waals surface area contributed by atoms with E-state index < -0.39 is 4.92 Å². The summed E-state index contributed by atoms with van der Waals surface area (Å²) in [5, 5.41) is 20.4. The number of aromatic nitrogens is 3. The zero-order chi connectivity index (χ0) is 23.2. The van der Waals surface area contributed by atoms with Crippen LogP contribution in [-0.4, -0.2) is 56.4 Å². The monoisotopic (exact) mass is 466 g/mol. The second kappa shape index (κ2) is 10.6. The van der Waals surface area contributed by atoms with Gasteiger partial charge >= 0.3 is 0 Å². The number of hydrogen-bond donors (Lipinski definition) is 0. The van der Waals surface area contributed by atoms with Crippen LogP contribution in [0.15, 0.2) is 59.8 Å². The number of nitrogens with zero attached hydrogens (tertiary/aromatic N) is 6. The molecule has 172 valence electrons. The van der Waals surface area contributed by atoms with E-state index in [1.807, 2.05) is 34.9 Å². The van der Waals surface area contributed by atoms with E-state index in [1.54, 1.807) is 19.2 Å². The van der Waals surface area contributed by atoms with Gasteiger partial charge in [-0.05, 0) is 50.2 Å². The third kappa shape index (κ3) is 5.58. The van der Waals surface area contributed by atoms with Crippen molar-refractivity contribution in [2.75, 3.05) is 30.8 Å². The second-order valence-electron chi connectivity index (χ2n) is 7.92. The molecule has 1 aliphatic rings. The Bertz CT molecular complexity index is 1100. The highest BCUT2D eigenvalue weighted by atomic mass is 32.2. The predicted octanol–water partition coefficient (Wildman–Crippen LogP) is 3.92. The average molecular weight is 467 g/mol. The highest BCUT2D eigenvalue weighted by molar-refractivity contribution is 7.99. The summed E-state index contributed by atoms with van der Waals surface area (Å²) in [5.41, 5.74) is 1.56. The smallest absolute Gasteiger partial charge is 0.269 e. The summed E-state index contributed by atoms with van der Waals surface area (Å²) in [6, 6.07) is 15.9. The first-order chi connectivity index (χ1) is 16.0. The van der Waals surface area contributed by atoms with Crippen molar-refractivity contribution in [3.05, 3.63) is 70.5 Å². The van der Waals surface area contributed by atoms with E-state index in [2.05, 4.69) is 15.1 Å². The Morgan fingerprint density at radius 2 is 1.76 bits per heavy atom. The van der Waals surface area contributed by atoms with E-state index in [0.29, 0.717) is 10.8 Å². The summed E-state index contributed by atoms with van der Waals surface area (Å²) in [5.74, 6) is 0.901. The van der Waals surface area contributed by atoms with Gasteiger partial charge in [0.1, 0.15) is 0 Å². The van der Waals surface area contributed by atoms with Crippen molar-refractivity contribution in [2.24, 2.45) is 0 Å². The van der Waals surface area contributed by atoms with Gasteiger partial charge in [0.15, 0.2) is 11.0 Å². The SMILES string of the molecule is CN(C(=O)CSc1nnc(CN2CCCCC2)n1-c1ccccc1)c1ccc([N+](=O)[O-])cc1. The number of nitro benzene ring substituents is 1. The third-order valence-corrected chi connectivity index (χ3v) is 6.59. The molecule has 0 spiro atoms. The molecule has 2 heterocycles. The molecule has 1 saturated heterocycles. The predicted molar refractivity (Wildman–Crippen MR) is 128 cm³/mol. The number of non-ortho nitro benzene ring substituents is 1. The summed E-state index contributed by atoms with van der Waals surface area (Å²) < 4.78 is 2.03. The average Bonchev–Trinajstić information content (AvgIpc) is 3.25. The number of benzene rings is 2. The highest BCUT2D eigenvalue weighted by Gasteiger charge is 2.20. The topological polar surface area (TPSA) is 97.4 Å². The van der Waals surface area contributed by atoms with Gasteiger partial charge in [0.05, 0.1) is 17.2 Å². The summed E-state index contributed by atoms with van der Waals surface area (Å²) in [7, 11) is 1.66. The Hall–Kier alpha value is -3.24. The van der Waals surface area contributed by atoms with Crippen LogP contribution < -0.4 is 4.90 Å². The Balaban J connectivity index is 1.48. The van der Waals surface area contributed by atoms with E-state index in [0.717, 1.165) is 31.1 Å². The van der Waals surface area contributed by atoms with Crippen molar-refractivity contribution >= 4 is 29.0 Å². The molecule has 2 aromatic carbocycles. The maximum Gasteiger partial charge on any atom is 0.269 e. The summed E-state index contributed by atoms with van der Waals surface area (Å²) >= 11 is 1.34. The number of thioether (sulfide) groups is 1. The largest absolute Gasteiger partial charge is 0.315 e. The normalized spacial score (nSPS) is 14.2. The van der Waals surface area contributed by atoms with Crippen molar-refractivity contribution < 1.29 is 9.72 Å². The molecule has 4 rings (SSSR count). The van der Waals surface area contributed by atoms with Gasteiger partial charge < -0.3 is 4.90 Å². The molecule has 0 unspecified atom stereocenters. The number of nitro groups is 1. The van der Waals surface area contributed by atoms with Crippen LogP contribution in [-0.2, 0) is 11.3 Å². The maximum atomic E-state index is 12.8. The molecule has 1 aliphatic heterocycles. The summed E-state index contributed by atoms with van der Waals surface area (Å²) in [4.78, 5) is 27.1. The molecule has 10 heteroatoms. The van der Waals surface area contributed by atoms with Crippen molar-refractivity contribution in [1.82, 2.24) is 19.7 Å².